The van der Waals surface area contributed by atoms with Crippen molar-refractivity contribution in [3.05, 3.63) is 74.8 Å². The third-order valence-electron chi connectivity index (χ3n) is 4.18. The van der Waals surface area contributed by atoms with Gasteiger partial charge < -0.3 is 20.5 Å². The molecule has 7 nitrogen and oxygen atoms in total. The van der Waals surface area contributed by atoms with Gasteiger partial charge in [-0.25, -0.2) is 13.8 Å². The van der Waals surface area contributed by atoms with Crippen LogP contribution in [0.25, 0.3) is 5.57 Å². The molecule has 1 aliphatic carbocycles. The number of amides is 1. The first-order valence-electron chi connectivity index (χ1n) is 9.19. The van der Waals surface area contributed by atoms with E-state index in [1.54, 1.807) is 12.2 Å². The van der Waals surface area contributed by atoms with Gasteiger partial charge in [-0.1, -0.05) is 5.73 Å². The number of rotatable bonds is 9. The average molecular weight is 478 g/mol. The molecule has 166 valence electrons. The van der Waals surface area contributed by atoms with E-state index in [1.807, 2.05) is 0 Å². The van der Waals surface area contributed by atoms with Crippen LogP contribution in [0.2, 0.25) is 0 Å². The number of allylic oxidation sites excluding steroid dienone is 3. The van der Waals surface area contributed by atoms with Gasteiger partial charge in [-0.05, 0) is 30.0 Å². The monoisotopic (exact) mass is 477 g/mol. The highest BCUT2D eigenvalue weighted by Gasteiger charge is 2.20. The Morgan fingerprint density at radius 2 is 2.00 bits per heavy atom. The van der Waals surface area contributed by atoms with Crippen LogP contribution < -0.4 is 5.73 Å². The normalized spacial score (nSPS) is 12.4. The Bertz CT molecular complexity index is 1200. The Balaban J connectivity index is 1.69. The molecule has 0 fully saturated rings. The predicted molar refractivity (Wildman–Crippen MR) is 116 cm³/mol. The largest absolute Gasteiger partial charge is 0.480 e. The number of carbonyl (C=O) groups excluding carboxylic acids is 1. The molecule has 0 saturated carbocycles. The smallest absolute Gasteiger partial charge is 0.323 e. The fourth-order valence-electron chi connectivity index (χ4n) is 2.71. The number of benzene rings is 1. The highest BCUT2D eigenvalue weighted by atomic mass is 32.1. The molecule has 3 rings (SSSR count). The molecule has 1 heterocycles. The summed E-state index contributed by atoms with van der Waals surface area (Å²) in [5, 5.41) is 10.9. The van der Waals surface area contributed by atoms with Gasteiger partial charge >= 0.3 is 5.97 Å². The van der Waals surface area contributed by atoms with E-state index in [2.05, 4.69) is 29.1 Å². The number of carboxylic acids is 1. The van der Waals surface area contributed by atoms with E-state index < -0.39 is 30.1 Å². The van der Waals surface area contributed by atoms with Crippen LogP contribution in [0.3, 0.4) is 0 Å². The number of aliphatic carboxylic acids is 1. The topological polar surface area (TPSA) is 106 Å². The van der Waals surface area contributed by atoms with Crippen LogP contribution in [0.15, 0.2) is 51.8 Å². The van der Waals surface area contributed by atoms with Gasteiger partial charge in [0.1, 0.15) is 23.9 Å². The highest BCUT2D eigenvalue weighted by Crippen LogP contribution is 2.27. The number of thiazole rings is 1. The molecule has 0 spiro atoms. The first kappa shape index (κ1) is 23.5. The van der Waals surface area contributed by atoms with Gasteiger partial charge in [-0.15, -0.1) is 24.0 Å². The van der Waals surface area contributed by atoms with Gasteiger partial charge in [0.15, 0.2) is 17.4 Å². The van der Waals surface area contributed by atoms with Crippen molar-refractivity contribution in [3.8, 4) is 0 Å². The summed E-state index contributed by atoms with van der Waals surface area (Å²) in [6, 6.07) is 2.02. The van der Waals surface area contributed by atoms with Gasteiger partial charge in [-0.3, -0.25) is 9.59 Å². The fourth-order valence-corrected chi connectivity index (χ4v) is 3.69. The lowest BCUT2D eigenvalue weighted by Crippen LogP contribution is -2.39. The summed E-state index contributed by atoms with van der Waals surface area (Å²) >= 11 is 5.34. The zero-order chi connectivity index (χ0) is 23.3. The maximum Gasteiger partial charge on any atom is 0.323 e. The van der Waals surface area contributed by atoms with Crippen molar-refractivity contribution in [2.75, 3.05) is 19.6 Å². The van der Waals surface area contributed by atoms with E-state index >= 15 is 0 Å². The van der Waals surface area contributed by atoms with E-state index in [-0.39, 0.29) is 30.3 Å². The van der Waals surface area contributed by atoms with E-state index in [1.165, 1.54) is 16.7 Å². The summed E-state index contributed by atoms with van der Waals surface area (Å²) in [5.41, 5.74) is 12.0. The van der Waals surface area contributed by atoms with Crippen LogP contribution in [0.1, 0.15) is 21.1 Å². The van der Waals surface area contributed by atoms with Gasteiger partial charge in [0.25, 0.3) is 5.91 Å². The summed E-state index contributed by atoms with van der Waals surface area (Å²) in [4.78, 5) is 28.9. The van der Waals surface area contributed by atoms with Crippen LogP contribution in [0, 0.1) is 11.6 Å². The predicted octanol–water partition coefficient (Wildman–Crippen LogP) is 3.00. The Hall–Kier alpha value is -3.20. The molecule has 0 unspecified atom stereocenters. The standard InChI is InChI=1S/C21H17F2N3O4S2/c22-15-7-14(18(31)8-16(15)23)12-1-3-13(4-2-12)30-10-19-25-17(11-32-19)21(29)26(6-5-24)9-20(27)28/h1,3,7-8,11,31H,5-6,9-10,24H2,(H,27,28). The van der Waals surface area contributed by atoms with Gasteiger partial charge in [0.05, 0.1) is 0 Å². The second-order valence-corrected chi connectivity index (χ2v) is 7.89. The molecular formula is C21H17F2N3O4S2. The molecule has 0 saturated heterocycles. The average Bonchev–Trinajstić information content (AvgIpc) is 3.23. The SMILES string of the molecule is NCCN(CC(=O)O)C(=O)c1csc(COC2=C=C=C(c3cc(F)c(F)cc3S)C=C2)n1. The van der Waals surface area contributed by atoms with Crippen molar-refractivity contribution in [3.63, 3.8) is 0 Å². The number of carbonyl (C=O) groups is 2. The molecule has 11 heteroatoms. The van der Waals surface area contributed by atoms with E-state index in [4.69, 9.17) is 15.6 Å². The number of ether oxygens (including phenoxy) is 1. The van der Waals surface area contributed by atoms with Crippen molar-refractivity contribution in [2.24, 2.45) is 5.73 Å². The zero-order valence-electron chi connectivity index (χ0n) is 16.5. The number of carboxylic acid groups (broad SMARTS) is 1. The number of halogens is 2. The van der Waals surface area contributed by atoms with Gasteiger partial charge in [0, 0.05) is 34.5 Å². The maximum atomic E-state index is 13.5. The van der Waals surface area contributed by atoms with E-state index in [0.717, 1.165) is 17.0 Å². The number of hydrogen-bond acceptors (Lipinski definition) is 7. The Morgan fingerprint density at radius 3 is 2.66 bits per heavy atom. The molecule has 3 N–H and O–H groups in total. The minimum Gasteiger partial charge on any atom is -0.480 e. The molecule has 0 aliphatic heterocycles. The molecule has 1 aliphatic rings. The summed E-state index contributed by atoms with van der Waals surface area (Å²) in [7, 11) is 0. The van der Waals surface area contributed by atoms with Crippen molar-refractivity contribution in [1.29, 1.82) is 0 Å². The van der Waals surface area contributed by atoms with E-state index in [0.29, 0.717) is 21.9 Å². The fraction of sp³-hybridized carbons (Fsp3) is 0.190. The minimum absolute atomic E-state index is 0.0421. The number of hydrogen-bond donors (Lipinski definition) is 3. The number of nitrogens with two attached hydrogens (primary N) is 1. The molecule has 1 aromatic carbocycles. The van der Waals surface area contributed by atoms with Crippen LogP contribution >= 0.6 is 24.0 Å². The van der Waals surface area contributed by atoms with Gasteiger partial charge in [-0.2, -0.15) is 0 Å². The molecular weight excluding hydrogens is 460 g/mol. The Labute approximate surface area is 191 Å². The molecule has 32 heavy (non-hydrogen) atoms. The van der Waals surface area contributed by atoms with Crippen LogP contribution in [-0.2, 0) is 16.1 Å². The molecule has 0 bridgehead atoms. The summed E-state index contributed by atoms with van der Waals surface area (Å²) in [6.45, 7) is -0.207. The molecule has 1 aromatic heterocycles. The van der Waals surface area contributed by atoms with E-state index in [9.17, 15) is 18.4 Å². The Morgan fingerprint density at radius 1 is 1.25 bits per heavy atom. The maximum absolute atomic E-state index is 13.5. The minimum atomic E-state index is -1.14. The summed E-state index contributed by atoms with van der Waals surface area (Å²) < 4.78 is 32.4. The second-order valence-electron chi connectivity index (χ2n) is 6.47. The van der Waals surface area contributed by atoms with Gasteiger partial charge in [0.2, 0.25) is 0 Å². The first-order valence-corrected chi connectivity index (χ1v) is 10.5. The lowest BCUT2D eigenvalue weighted by Gasteiger charge is -2.18. The summed E-state index contributed by atoms with van der Waals surface area (Å²) in [5.74, 6) is -3.32. The number of nitrogens with zero attached hydrogens (tertiary/aromatic N) is 2. The third-order valence-corrected chi connectivity index (χ3v) is 5.38. The van der Waals surface area contributed by atoms with Crippen LogP contribution in [-0.4, -0.2) is 46.5 Å². The molecule has 1 amide bonds. The summed E-state index contributed by atoms with van der Waals surface area (Å²) in [6.07, 6.45) is 3.18. The lowest BCUT2D eigenvalue weighted by atomic mass is 10.0. The third kappa shape index (κ3) is 5.73. The van der Waals surface area contributed by atoms with Crippen molar-refractivity contribution in [1.82, 2.24) is 9.88 Å². The molecule has 2 aromatic rings. The Kier molecular flexibility index (Phi) is 7.63. The molecule has 0 atom stereocenters. The van der Waals surface area contributed by atoms with Crippen molar-refractivity contribution in [2.45, 2.75) is 11.5 Å². The molecule has 0 radical (unpaired) electrons. The first-order chi connectivity index (χ1) is 15.3. The zero-order valence-corrected chi connectivity index (χ0v) is 18.2. The van der Waals surface area contributed by atoms with Crippen LogP contribution in [0.4, 0.5) is 8.78 Å². The number of aromatic nitrogens is 1. The second kappa shape index (κ2) is 10.4. The highest BCUT2D eigenvalue weighted by molar-refractivity contribution is 7.80. The van der Waals surface area contributed by atoms with Crippen LogP contribution in [0.5, 0.6) is 0 Å². The quantitative estimate of drug-likeness (QED) is 0.379. The number of thiol groups is 1. The lowest BCUT2D eigenvalue weighted by molar-refractivity contribution is -0.137. The van der Waals surface area contributed by atoms with Crippen molar-refractivity contribution >= 4 is 41.4 Å². The van der Waals surface area contributed by atoms with Crippen molar-refractivity contribution < 1.29 is 28.2 Å².